The molecule has 2 amide bonds. The number of carbonyl (C=O) groups excluding carboxylic acids is 2. The van der Waals surface area contributed by atoms with Crippen molar-refractivity contribution in [2.75, 3.05) is 18.6 Å². The van der Waals surface area contributed by atoms with Gasteiger partial charge in [0, 0.05) is 13.0 Å². The van der Waals surface area contributed by atoms with Gasteiger partial charge in [0.2, 0.25) is 5.91 Å². The normalized spacial score (nSPS) is 11.7. The zero-order valence-electron chi connectivity index (χ0n) is 11.6. The second-order valence-electron chi connectivity index (χ2n) is 4.22. The van der Waals surface area contributed by atoms with Gasteiger partial charge in [0.1, 0.15) is 6.04 Å². The van der Waals surface area contributed by atoms with Gasteiger partial charge < -0.3 is 20.2 Å². The maximum Gasteiger partial charge on any atom is 0.326 e. The second-order valence-corrected chi connectivity index (χ2v) is 5.21. The highest BCUT2D eigenvalue weighted by Crippen LogP contribution is 2.02. The smallest absolute Gasteiger partial charge is 0.326 e. The van der Waals surface area contributed by atoms with E-state index in [1.54, 1.807) is 6.07 Å². The van der Waals surface area contributed by atoms with Gasteiger partial charge in [-0.05, 0) is 30.6 Å². The Morgan fingerprint density at radius 1 is 1.43 bits per heavy atom. The van der Waals surface area contributed by atoms with Gasteiger partial charge in [-0.2, -0.15) is 11.8 Å². The molecule has 0 aliphatic rings. The van der Waals surface area contributed by atoms with Crippen molar-refractivity contribution < 1.29 is 23.9 Å². The van der Waals surface area contributed by atoms with Gasteiger partial charge in [0.15, 0.2) is 5.76 Å². The third-order valence-corrected chi connectivity index (χ3v) is 3.27. The first-order valence-corrected chi connectivity index (χ1v) is 7.76. The first kappa shape index (κ1) is 17.1. The molecule has 1 aromatic heterocycles. The average Bonchev–Trinajstić information content (AvgIpc) is 2.97. The summed E-state index contributed by atoms with van der Waals surface area (Å²) in [5.41, 5.74) is 0. The number of carbonyl (C=O) groups is 3. The summed E-state index contributed by atoms with van der Waals surface area (Å²) in [6.45, 7) is 0.111. The van der Waals surface area contributed by atoms with Crippen molar-refractivity contribution in [2.45, 2.75) is 18.9 Å². The monoisotopic (exact) mass is 314 g/mol. The van der Waals surface area contributed by atoms with Crippen LogP contribution >= 0.6 is 11.8 Å². The largest absolute Gasteiger partial charge is 0.480 e. The van der Waals surface area contributed by atoms with Crippen molar-refractivity contribution in [3.63, 3.8) is 0 Å². The zero-order valence-corrected chi connectivity index (χ0v) is 12.4. The third kappa shape index (κ3) is 6.35. The lowest BCUT2D eigenvalue weighted by molar-refractivity contribution is -0.141. The SMILES string of the molecule is CSCCC(NC(=O)CCNC(=O)c1ccco1)C(=O)O. The summed E-state index contributed by atoms with van der Waals surface area (Å²) in [7, 11) is 0. The summed E-state index contributed by atoms with van der Waals surface area (Å²) in [6, 6.07) is 2.20. The van der Waals surface area contributed by atoms with Crippen molar-refractivity contribution in [1.82, 2.24) is 10.6 Å². The second kappa shape index (κ2) is 9.06. The molecule has 8 heteroatoms. The van der Waals surface area contributed by atoms with Crippen molar-refractivity contribution in [3.8, 4) is 0 Å². The van der Waals surface area contributed by atoms with Crippen molar-refractivity contribution in [1.29, 1.82) is 0 Å². The molecule has 0 radical (unpaired) electrons. The lowest BCUT2D eigenvalue weighted by atomic mass is 10.2. The summed E-state index contributed by atoms with van der Waals surface area (Å²) >= 11 is 1.51. The van der Waals surface area contributed by atoms with Crippen molar-refractivity contribution in [2.24, 2.45) is 0 Å². The number of hydrogen-bond donors (Lipinski definition) is 3. The van der Waals surface area contributed by atoms with E-state index < -0.39 is 23.8 Å². The van der Waals surface area contributed by atoms with E-state index >= 15 is 0 Å². The molecule has 1 heterocycles. The number of rotatable bonds is 9. The lowest BCUT2D eigenvalue weighted by Gasteiger charge is -2.13. The van der Waals surface area contributed by atoms with Crippen LogP contribution in [0.1, 0.15) is 23.4 Å². The quantitative estimate of drug-likeness (QED) is 0.620. The molecule has 7 nitrogen and oxygen atoms in total. The van der Waals surface area contributed by atoms with E-state index in [0.717, 1.165) is 0 Å². The van der Waals surface area contributed by atoms with Crippen LogP contribution in [0.5, 0.6) is 0 Å². The Balaban J connectivity index is 2.29. The summed E-state index contributed by atoms with van der Waals surface area (Å²) in [5.74, 6) is -1.07. The molecule has 1 atom stereocenters. The molecule has 0 spiro atoms. The Hall–Kier alpha value is -1.96. The Bertz CT molecular complexity index is 475. The van der Waals surface area contributed by atoms with E-state index in [2.05, 4.69) is 10.6 Å². The number of carboxylic acids is 1. The number of thioether (sulfide) groups is 1. The molecule has 1 unspecified atom stereocenters. The molecular weight excluding hydrogens is 296 g/mol. The minimum Gasteiger partial charge on any atom is -0.480 e. The summed E-state index contributed by atoms with van der Waals surface area (Å²) in [6.07, 6.45) is 3.62. The lowest BCUT2D eigenvalue weighted by Crippen LogP contribution is -2.42. The van der Waals surface area contributed by atoms with Crippen LogP contribution in [0.25, 0.3) is 0 Å². The van der Waals surface area contributed by atoms with Crippen LogP contribution in [0.3, 0.4) is 0 Å². The molecule has 0 aliphatic heterocycles. The van der Waals surface area contributed by atoms with Crippen molar-refractivity contribution in [3.05, 3.63) is 24.2 Å². The van der Waals surface area contributed by atoms with Crippen LogP contribution in [0.2, 0.25) is 0 Å². The van der Waals surface area contributed by atoms with E-state index in [0.29, 0.717) is 12.2 Å². The van der Waals surface area contributed by atoms with Gasteiger partial charge in [-0.3, -0.25) is 9.59 Å². The molecule has 0 bridgehead atoms. The van der Waals surface area contributed by atoms with Crippen LogP contribution in [-0.4, -0.2) is 47.5 Å². The fourth-order valence-corrected chi connectivity index (χ4v) is 2.02. The summed E-state index contributed by atoms with van der Waals surface area (Å²) in [4.78, 5) is 34.1. The minimum atomic E-state index is -1.06. The van der Waals surface area contributed by atoms with E-state index in [4.69, 9.17) is 9.52 Å². The fourth-order valence-electron chi connectivity index (χ4n) is 1.54. The van der Waals surface area contributed by atoms with Gasteiger partial charge in [0.05, 0.1) is 6.26 Å². The van der Waals surface area contributed by atoms with Crippen LogP contribution in [0.15, 0.2) is 22.8 Å². The first-order chi connectivity index (χ1) is 10.0. The molecule has 0 fully saturated rings. The number of nitrogens with one attached hydrogen (secondary N) is 2. The number of hydrogen-bond acceptors (Lipinski definition) is 5. The molecule has 1 aromatic rings. The molecule has 116 valence electrons. The van der Waals surface area contributed by atoms with Crippen LogP contribution in [0, 0.1) is 0 Å². The van der Waals surface area contributed by atoms with E-state index in [1.807, 2.05) is 6.26 Å². The number of carboxylic acid groups (broad SMARTS) is 1. The summed E-state index contributed by atoms with van der Waals surface area (Å²) in [5, 5.41) is 13.9. The van der Waals surface area contributed by atoms with Gasteiger partial charge in [-0.15, -0.1) is 0 Å². The molecule has 0 saturated carbocycles. The van der Waals surface area contributed by atoms with Gasteiger partial charge in [-0.1, -0.05) is 0 Å². The predicted molar refractivity (Wildman–Crippen MR) is 78.2 cm³/mol. The van der Waals surface area contributed by atoms with E-state index in [-0.39, 0.29) is 18.7 Å². The highest BCUT2D eigenvalue weighted by Gasteiger charge is 2.19. The number of amides is 2. The summed E-state index contributed by atoms with van der Waals surface area (Å²) < 4.78 is 4.90. The van der Waals surface area contributed by atoms with Gasteiger partial charge in [0.25, 0.3) is 5.91 Å². The molecular formula is C13H18N2O5S. The zero-order chi connectivity index (χ0) is 15.7. The first-order valence-electron chi connectivity index (χ1n) is 6.37. The molecule has 0 aromatic carbocycles. The Kier molecular flexibility index (Phi) is 7.38. The maximum absolute atomic E-state index is 11.6. The van der Waals surface area contributed by atoms with Crippen molar-refractivity contribution >= 4 is 29.5 Å². The standard InChI is InChI=1S/C13H18N2O5S/c1-21-8-5-9(13(18)19)15-11(16)4-6-14-12(17)10-3-2-7-20-10/h2-3,7,9H,4-6,8H2,1H3,(H,14,17)(H,15,16)(H,18,19). The Morgan fingerprint density at radius 2 is 2.19 bits per heavy atom. The van der Waals surface area contributed by atoms with Crippen LogP contribution in [-0.2, 0) is 9.59 Å². The predicted octanol–water partition coefficient (Wildman–Crippen LogP) is 0.722. The van der Waals surface area contributed by atoms with Crippen LogP contribution < -0.4 is 10.6 Å². The highest BCUT2D eigenvalue weighted by atomic mass is 32.2. The minimum absolute atomic E-state index is 0.00942. The average molecular weight is 314 g/mol. The fraction of sp³-hybridized carbons (Fsp3) is 0.462. The molecule has 3 N–H and O–H groups in total. The molecule has 1 rings (SSSR count). The molecule has 0 aliphatic carbocycles. The molecule has 0 saturated heterocycles. The topological polar surface area (TPSA) is 109 Å². The third-order valence-electron chi connectivity index (χ3n) is 2.63. The van der Waals surface area contributed by atoms with Crippen LogP contribution in [0.4, 0.5) is 0 Å². The number of aliphatic carboxylic acids is 1. The van der Waals surface area contributed by atoms with Gasteiger partial charge >= 0.3 is 5.97 Å². The Labute approximate surface area is 126 Å². The number of furan rings is 1. The highest BCUT2D eigenvalue weighted by molar-refractivity contribution is 7.98. The van der Waals surface area contributed by atoms with E-state index in [9.17, 15) is 14.4 Å². The molecule has 21 heavy (non-hydrogen) atoms. The van der Waals surface area contributed by atoms with Gasteiger partial charge in [-0.25, -0.2) is 4.79 Å². The Morgan fingerprint density at radius 3 is 2.76 bits per heavy atom. The maximum atomic E-state index is 11.6. The van der Waals surface area contributed by atoms with E-state index in [1.165, 1.54) is 24.1 Å².